The Labute approximate surface area is 201 Å². The number of nitrogens with two attached hydrogens (primary N) is 1. The molecule has 2 amide bonds. The van der Waals surface area contributed by atoms with Crippen LogP contribution in [0.25, 0.3) is 0 Å². The predicted molar refractivity (Wildman–Crippen MR) is 127 cm³/mol. The van der Waals surface area contributed by atoms with Crippen LogP contribution in [-0.2, 0) is 14.3 Å². The fourth-order valence-electron chi connectivity index (χ4n) is 4.76. The average molecular weight is 475 g/mol. The number of ether oxygens (including phenoxy) is 2. The largest absolute Gasteiger partial charge is 0.470 e. The summed E-state index contributed by atoms with van der Waals surface area (Å²) in [5.41, 5.74) is 5.57. The summed E-state index contributed by atoms with van der Waals surface area (Å²) in [7, 11) is 0. The summed E-state index contributed by atoms with van der Waals surface area (Å²) in [5.74, 6) is -0.670. The van der Waals surface area contributed by atoms with Crippen molar-refractivity contribution in [2.24, 2.45) is 5.73 Å². The van der Waals surface area contributed by atoms with Gasteiger partial charge in [0.15, 0.2) is 6.23 Å². The van der Waals surface area contributed by atoms with Crippen molar-refractivity contribution in [1.82, 2.24) is 4.90 Å². The Morgan fingerprint density at radius 3 is 2.47 bits per heavy atom. The van der Waals surface area contributed by atoms with Crippen molar-refractivity contribution in [1.29, 1.82) is 0 Å². The standard InChI is InChI=1S/C26H38N2O6/c1-2-3-4-6-11-18(12-7-5-8-14-21(29)24(27)30)33-26(32)20-16-17-23-28(20)25(31)19-13-9-10-15-22(19)34-23/h9-10,13,15,18,20-21,23,29H,2-8,11-12,14,16-17H2,1H3,(H2,27,30)/t18-,20+,21-,23+/m1/s1. The molecule has 1 saturated heterocycles. The number of amides is 2. The molecular weight excluding hydrogens is 436 g/mol. The molecule has 3 rings (SSSR count). The van der Waals surface area contributed by atoms with Crippen LogP contribution in [0.3, 0.4) is 0 Å². The van der Waals surface area contributed by atoms with Crippen LogP contribution >= 0.6 is 0 Å². The number of hydrogen-bond donors (Lipinski definition) is 2. The third-order valence-corrected chi connectivity index (χ3v) is 6.71. The summed E-state index contributed by atoms with van der Waals surface area (Å²) in [6, 6.07) is 6.50. The molecule has 0 unspecified atom stereocenters. The predicted octanol–water partition coefficient (Wildman–Crippen LogP) is 3.69. The lowest BCUT2D eigenvalue weighted by molar-refractivity contribution is -0.156. The van der Waals surface area contributed by atoms with E-state index in [1.54, 1.807) is 23.1 Å². The normalized spacial score (nSPS) is 20.8. The maximum absolute atomic E-state index is 13.2. The highest BCUT2D eigenvalue weighted by Gasteiger charge is 2.47. The third kappa shape index (κ3) is 6.72. The van der Waals surface area contributed by atoms with E-state index in [1.807, 2.05) is 6.07 Å². The number of benzene rings is 1. The van der Waals surface area contributed by atoms with Gasteiger partial charge in [-0.1, -0.05) is 51.2 Å². The minimum atomic E-state index is -1.10. The van der Waals surface area contributed by atoms with E-state index in [2.05, 4.69) is 6.92 Å². The number of carbonyl (C=O) groups excluding carboxylic acids is 3. The van der Waals surface area contributed by atoms with Crippen LogP contribution in [0.1, 0.15) is 94.3 Å². The lowest BCUT2D eigenvalue weighted by Gasteiger charge is -2.34. The molecule has 188 valence electrons. The fraction of sp³-hybridized carbons (Fsp3) is 0.654. The number of carbonyl (C=O) groups is 3. The molecule has 3 N–H and O–H groups in total. The zero-order valence-electron chi connectivity index (χ0n) is 20.1. The lowest BCUT2D eigenvalue weighted by Crippen LogP contribution is -2.50. The van der Waals surface area contributed by atoms with E-state index in [-0.39, 0.29) is 18.0 Å². The van der Waals surface area contributed by atoms with Gasteiger partial charge in [-0.25, -0.2) is 4.79 Å². The Balaban J connectivity index is 1.55. The van der Waals surface area contributed by atoms with Crippen molar-refractivity contribution < 1.29 is 29.0 Å². The number of rotatable bonds is 14. The van der Waals surface area contributed by atoms with E-state index in [4.69, 9.17) is 15.2 Å². The number of nitrogens with zero attached hydrogens (tertiary/aromatic N) is 1. The van der Waals surface area contributed by atoms with E-state index in [9.17, 15) is 19.5 Å². The molecule has 0 spiro atoms. The molecule has 2 aliphatic heterocycles. The summed E-state index contributed by atoms with van der Waals surface area (Å²) in [6.07, 6.45) is 7.91. The first-order valence-corrected chi connectivity index (χ1v) is 12.7. The molecule has 0 aliphatic carbocycles. The van der Waals surface area contributed by atoms with Crippen LogP contribution in [0.15, 0.2) is 24.3 Å². The number of hydrogen-bond acceptors (Lipinski definition) is 6. The topological polar surface area (TPSA) is 119 Å². The number of unbranched alkanes of at least 4 members (excludes halogenated alkanes) is 5. The number of fused-ring (bicyclic) bond motifs is 2. The van der Waals surface area contributed by atoms with Gasteiger partial charge in [0.25, 0.3) is 5.91 Å². The summed E-state index contributed by atoms with van der Waals surface area (Å²) in [5, 5.41) is 9.53. The van der Waals surface area contributed by atoms with Crippen LogP contribution < -0.4 is 10.5 Å². The molecule has 0 aromatic heterocycles. The van der Waals surface area contributed by atoms with Crippen LogP contribution in [0, 0.1) is 0 Å². The van der Waals surface area contributed by atoms with E-state index >= 15 is 0 Å². The molecule has 1 fully saturated rings. The van der Waals surface area contributed by atoms with Gasteiger partial charge < -0.3 is 20.3 Å². The molecular formula is C26H38N2O6. The van der Waals surface area contributed by atoms with Gasteiger partial charge in [0.2, 0.25) is 5.91 Å². The number of aliphatic hydroxyl groups excluding tert-OH is 1. The zero-order chi connectivity index (χ0) is 24.5. The molecule has 2 aliphatic rings. The van der Waals surface area contributed by atoms with E-state index in [0.29, 0.717) is 43.4 Å². The van der Waals surface area contributed by atoms with Gasteiger partial charge in [-0.3, -0.25) is 14.5 Å². The van der Waals surface area contributed by atoms with Gasteiger partial charge in [-0.05, 0) is 50.7 Å². The number of para-hydroxylation sites is 1. The molecule has 2 heterocycles. The van der Waals surface area contributed by atoms with Crippen molar-refractivity contribution in [3.05, 3.63) is 29.8 Å². The smallest absolute Gasteiger partial charge is 0.329 e. The quantitative estimate of drug-likeness (QED) is 0.314. The number of esters is 1. The second-order valence-electron chi connectivity index (χ2n) is 9.34. The van der Waals surface area contributed by atoms with Gasteiger partial charge in [0, 0.05) is 6.42 Å². The fourth-order valence-corrected chi connectivity index (χ4v) is 4.76. The minimum Gasteiger partial charge on any atom is -0.470 e. The highest BCUT2D eigenvalue weighted by Crippen LogP contribution is 2.36. The zero-order valence-corrected chi connectivity index (χ0v) is 20.1. The van der Waals surface area contributed by atoms with E-state index < -0.39 is 24.3 Å². The SMILES string of the molecule is CCCCCC[C@H](CCCCC[C@@H](O)C(N)=O)OC(=O)[C@@H]1CC[C@@H]2Oc3ccccc3C(=O)N21. The third-order valence-electron chi connectivity index (χ3n) is 6.71. The maximum atomic E-state index is 13.2. The van der Waals surface area contributed by atoms with Crippen LogP contribution in [0.5, 0.6) is 5.75 Å². The van der Waals surface area contributed by atoms with Crippen molar-refractivity contribution in [2.75, 3.05) is 0 Å². The van der Waals surface area contributed by atoms with Crippen molar-refractivity contribution in [3.63, 3.8) is 0 Å². The summed E-state index contributed by atoms with van der Waals surface area (Å²) in [6.45, 7) is 2.16. The molecule has 4 atom stereocenters. The molecule has 34 heavy (non-hydrogen) atoms. The monoisotopic (exact) mass is 474 g/mol. The van der Waals surface area contributed by atoms with Crippen molar-refractivity contribution in [2.45, 2.75) is 108 Å². The van der Waals surface area contributed by atoms with Gasteiger partial charge in [-0.15, -0.1) is 0 Å². The van der Waals surface area contributed by atoms with Gasteiger partial charge in [-0.2, -0.15) is 0 Å². The Morgan fingerprint density at radius 1 is 1.09 bits per heavy atom. The maximum Gasteiger partial charge on any atom is 0.329 e. The lowest BCUT2D eigenvalue weighted by atomic mass is 10.0. The second kappa shape index (κ2) is 12.7. The molecule has 0 saturated carbocycles. The number of aliphatic hydroxyl groups is 1. The Hall–Kier alpha value is -2.61. The molecule has 8 nitrogen and oxygen atoms in total. The van der Waals surface area contributed by atoms with Gasteiger partial charge in [0.05, 0.1) is 5.56 Å². The second-order valence-corrected chi connectivity index (χ2v) is 9.34. The van der Waals surface area contributed by atoms with Crippen LogP contribution in [0.2, 0.25) is 0 Å². The molecule has 1 aromatic carbocycles. The first kappa shape index (κ1) is 26.0. The Bertz CT molecular complexity index is 844. The average Bonchev–Trinajstić information content (AvgIpc) is 3.25. The Morgan fingerprint density at radius 2 is 1.76 bits per heavy atom. The highest BCUT2D eigenvalue weighted by atomic mass is 16.5. The van der Waals surface area contributed by atoms with Crippen molar-refractivity contribution in [3.8, 4) is 5.75 Å². The number of primary amides is 1. The van der Waals surface area contributed by atoms with E-state index in [0.717, 1.165) is 44.9 Å². The Kier molecular flexibility index (Phi) is 9.74. The minimum absolute atomic E-state index is 0.182. The highest BCUT2D eigenvalue weighted by molar-refractivity contribution is 6.00. The van der Waals surface area contributed by atoms with Gasteiger partial charge in [0.1, 0.15) is 24.0 Å². The van der Waals surface area contributed by atoms with Gasteiger partial charge >= 0.3 is 5.97 Å². The summed E-state index contributed by atoms with van der Waals surface area (Å²) in [4.78, 5) is 38.7. The van der Waals surface area contributed by atoms with E-state index in [1.165, 1.54) is 0 Å². The first-order chi connectivity index (χ1) is 16.4. The molecule has 0 radical (unpaired) electrons. The first-order valence-electron chi connectivity index (χ1n) is 12.7. The molecule has 8 heteroatoms. The summed E-state index contributed by atoms with van der Waals surface area (Å²) >= 11 is 0. The van der Waals surface area contributed by atoms with Crippen LogP contribution in [0.4, 0.5) is 0 Å². The molecule has 1 aromatic rings. The summed E-state index contributed by atoms with van der Waals surface area (Å²) < 4.78 is 11.9. The van der Waals surface area contributed by atoms with Crippen LogP contribution in [-0.4, -0.2) is 52.3 Å². The van der Waals surface area contributed by atoms with Crippen molar-refractivity contribution >= 4 is 17.8 Å². The molecule has 0 bridgehead atoms.